The molecule has 0 aromatic carbocycles. The molecule has 0 saturated carbocycles. The summed E-state index contributed by atoms with van der Waals surface area (Å²) in [6, 6.07) is 0.363. The SMILES string of the molecule is CC(CNC(=O)CNC(C)C)CN1CCCCC1. The van der Waals surface area contributed by atoms with Crippen LogP contribution in [-0.4, -0.2) is 49.6 Å². The van der Waals surface area contributed by atoms with Gasteiger partial charge in [-0.25, -0.2) is 0 Å². The first kappa shape index (κ1) is 15.4. The molecule has 1 atom stereocenters. The zero-order valence-electron chi connectivity index (χ0n) is 12.2. The van der Waals surface area contributed by atoms with Gasteiger partial charge in [0.05, 0.1) is 6.54 Å². The lowest BCUT2D eigenvalue weighted by atomic mass is 10.1. The molecule has 0 bridgehead atoms. The number of nitrogens with one attached hydrogen (secondary N) is 2. The molecule has 1 unspecified atom stereocenters. The van der Waals surface area contributed by atoms with Crippen molar-refractivity contribution in [1.82, 2.24) is 15.5 Å². The molecule has 1 aliphatic heterocycles. The van der Waals surface area contributed by atoms with Crippen molar-refractivity contribution in [2.45, 2.75) is 46.1 Å². The van der Waals surface area contributed by atoms with Gasteiger partial charge >= 0.3 is 0 Å². The van der Waals surface area contributed by atoms with Crippen LogP contribution < -0.4 is 10.6 Å². The molecule has 4 nitrogen and oxygen atoms in total. The Bertz CT molecular complexity index is 237. The van der Waals surface area contributed by atoms with E-state index in [9.17, 15) is 4.79 Å². The number of nitrogens with zero attached hydrogens (tertiary/aromatic N) is 1. The number of hydrogen-bond acceptors (Lipinski definition) is 3. The van der Waals surface area contributed by atoms with Gasteiger partial charge in [-0.3, -0.25) is 4.79 Å². The van der Waals surface area contributed by atoms with E-state index >= 15 is 0 Å². The standard InChI is InChI=1S/C14H29N3O/c1-12(2)15-10-14(18)16-9-13(3)11-17-7-5-4-6-8-17/h12-13,15H,4-11H2,1-3H3,(H,16,18). The Kier molecular flexibility index (Phi) is 7.28. The van der Waals surface area contributed by atoms with Gasteiger partial charge in [-0.05, 0) is 31.8 Å². The Balaban J connectivity index is 2.08. The highest BCUT2D eigenvalue weighted by molar-refractivity contribution is 5.77. The van der Waals surface area contributed by atoms with Crippen molar-refractivity contribution in [3.63, 3.8) is 0 Å². The Morgan fingerprint density at radius 2 is 1.83 bits per heavy atom. The first-order chi connectivity index (χ1) is 8.58. The van der Waals surface area contributed by atoms with Crippen molar-refractivity contribution in [3.05, 3.63) is 0 Å². The summed E-state index contributed by atoms with van der Waals surface area (Å²) in [6.45, 7) is 11.1. The Hall–Kier alpha value is -0.610. The molecule has 1 rings (SSSR count). The van der Waals surface area contributed by atoms with E-state index in [4.69, 9.17) is 0 Å². The molecule has 1 fully saturated rings. The number of rotatable bonds is 7. The smallest absolute Gasteiger partial charge is 0.233 e. The van der Waals surface area contributed by atoms with Gasteiger partial charge in [-0.1, -0.05) is 27.2 Å². The molecule has 0 aromatic heterocycles. The third kappa shape index (κ3) is 6.97. The van der Waals surface area contributed by atoms with Crippen molar-refractivity contribution in [3.8, 4) is 0 Å². The van der Waals surface area contributed by atoms with Gasteiger partial charge in [0.15, 0.2) is 0 Å². The first-order valence-corrected chi connectivity index (χ1v) is 7.30. The summed E-state index contributed by atoms with van der Waals surface area (Å²) in [5, 5.41) is 6.13. The molecular formula is C14H29N3O. The lowest BCUT2D eigenvalue weighted by molar-refractivity contribution is -0.120. The molecule has 0 spiro atoms. The molecule has 1 aliphatic rings. The van der Waals surface area contributed by atoms with Gasteiger partial charge < -0.3 is 15.5 Å². The number of amides is 1. The molecule has 0 radical (unpaired) electrons. The van der Waals surface area contributed by atoms with Crippen molar-refractivity contribution in [2.75, 3.05) is 32.7 Å². The van der Waals surface area contributed by atoms with E-state index in [1.54, 1.807) is 0 Å². The highest BCUT2D eigenvalue weighted by atomic mass is 16.1. The summed E-state index contributed by atoms with van der Waals surface area (Å²) in [6.07, 6.45) is 4.04. The summed E-state index contributed by atoms with van der Waals surface area (Å²) in [5.41, 5.74) is 0. The van der Waals surface area contributed by atoms with Crippen LogP contribution in [0.1, 0.15) is 40.0 Å². The average molecular weight is 255 g/mol. The highest BCUT2D eigenvalue weighted by Crippen LogP contribution is 2.10. The molecular weight excluding hydrogens is 226 g/mol. The average Bonchev–Trinajstić information content (AvgIpc) is 2.35. The number of hydrogen-bond donors (Lipinski definition) is 2. The Morgan fingerprint density at radius 1 is 1.17 bits per heavy atom. The number of likely N-dealkylation sites (tertiary alicyclic amines) is 1. The molecule has 18 heavy (non-hydrogen) atoms. The summed E-state index contributed by atoms with van der Waals surface area (Å²) < 4.78 is 0. The van der Waals surface area contributed by atoms with Gasteiger partial charge in [0, 0.05) is 19.1 Å². The van der Waals surface area contributed by atoms with Crippen LogP contribution in [0.4, 0.5) is 0 Å². The molecule has 4 heteroatoms. The van der Waals surface area contributed by atoms with Crippen molar-refractivity contribution >= 4 is 5.91 Å². The van der Waals surface area contributed by atoms with Crippen LogP contribution >= 0.6 is 0 Å². The lowest BCUT2D eigenvalue weighted by Gasteiger charge is -2.29. The van der Waals surface area contributed by atoms with Crippen LogP contribution in [0.2, 0.25) is 0 Å². The van der Waals surface area contributed by atoms with E-state index in [1.807, 2.05) is 13.8 Å². The minimum Gasteiger partial charge on any atom is -0.355 e. The molecule has 2 N–H and O–H groups in total. The van der Waals surface area contributed by atoms with Crippen molar-refractivity contribution in [1.29, 1.82) is 0 Å². The molecule has 1 saturated heterocycles. The minimum atomic E-state index is 0.106. The monoisotopic (exact) mass is 255 g/mol. The summed E-state index contributed by atoms with van der Waals surface area (Å²) in [5.74, 6) is 0.639. The van der Waals surface area contributed by atoms with Gasteiger partial charge in [0.1, 0.15) is 0 Å². The summed E-state index contributed by atoms with van der Waals surface area (Å²) >= 11 is 0. The van der Waals surface area contributed by atoms with E-state index in [2.05, 4.69) is 22.5 Å². The van der Waals surface area contributed by atoms with Gasteiger partial charge in [-0.2, -0.15) is 0 Å². The third-order valence-corrected chi connectivity index (χ3v) is 3.34. The second-order valence-electron chi connectivity index (χ2n) is 5.81. The van der Waals surface area contributed by atoms with Crippen LogP contribution in [0.15, 0.2) is 0 Å². The largest absolute Gasteiger partial charge is 0.355 e. The molecule has 106 valence electrons. The zero-order valence-corrected chi connectivity index (χ0v) is 12.2. The second-order valence-corrected chi connectivity index (χ2v) is 5.81. The predicted octanol–water partition coefficient (Wildman–Crippen LogP) is 1.22. The normalized spacial score (nSPS) is 18.9. The minimum absolute atomic E-state index is 0.106. The van der Waals surface area contributed by atoms with E-state index in [-0.39, 0.29) is 5.91 Å². The maximum Gasteiger partial charge on any atom is 0.233 e. The number of carbonyl (C=O) groups is 1. The second kappa shape index (κ2) is 8.48. The summed E-state index contributed by atoms with van der Waals surface area (Å²) in [4.78, 5) is 14.1. The van der Waals surface area contributed by atoms with Gasteiger partial charge in [0.25, 0.3) is 0 Å². The fraction of sp³-hybridized carbons (Fsp3) is 0.929. The van der Waals surface area contributed by atoms with Crippen LogP contribution in [0, 0.1) is 5.92 Å². The van der Waals surface area contributed by atoms with Crippen LogP contribution in [0.25, 0.3) is 0 Å². The maximum atomic E-state index is 11.6. The molecule has 0 aromatic rings. The Morgan fingerprint density at radius 3 is 2.44 bits per heavy atom. The van der Waals surface area contributed by atoms with E-state index in [1.165, 1.54) is 32.4 Å². The number of carbonyl (C=O) groups excluding carboxylic acids is 1. The van der Waals surface area contributed by atoms with Gasteiger partial charge in [-0.15, -0.1) is 0 Å². The van der Waals surface area contributed by atoms with E-state index in [0.29, 0.717) is 18.5 Å². The topological polar surface area (TPSA) is 44.4 Å². The van der Waals surface area contributed by atoms with Gasteiger partial charge in [0.2, 0.25) is 5.91 Å². The first-order valence-electron chi connectivity index (χ1n) is 7.30. The number of piperidine rings is 1. The third-order valence-electron chi connectivity index (χ3n) is 3.34. The molecule has 1 heterocycles. The predicted molar refractivity (Wildman–Crippen MR) is 75.6 cm³/mol. The fourth-order valence-corrected chi connectivity index (χ4v) is 2.29. The zero-order chi connectivity index (χ0) is 13.4. The van der Waals surface area contributed by atoms with E-state index < -0.39 is 0 Å². The van der Waals surface area contributed by atoms with E-state index in [0.717, 1.165) is 13.1 Å². The lowest BCUT2D eigenvalue weighted by Crippen LogP contribution is -2.41. The quantitative estimate of drug-likeness (QED) is 0.719. The van der Waals surface area contributed by atoms with Crippen molar-refractivity contribution in [2.24, 2.45) is 5.92 Å². The van der Waals surface area contributed by atoms with Crippen LogP contribution in [-0.2, 0) is 4.79 Å². The van der Waals surface area contributed by atoms with Crippen molar-refractivity contribution < 1.29 is 4.79 Å². The fourth-order valence-electron chi connectivity index (χ4n) is 2.29. The maximum absolute atomic E-state index is 11.6. The van der Waals surface area contributed by atoms with Crippen LogP contribution in [0.3, 0.4) is 0 Å². The molecule has 0 aliphatic carbocycles. The Labute approximate surface area is 111 Å². The highest BCUT2D eigenvalue weighted by Gasteiger charge is 2.13. The molecule has 1 amide bonds. The summed E-state index contributed by atoms with van der Waals surface area (Å²) in [7, 11) is 0. The van der Waals surface area contributed by atoms with Crippen LogP contribution in [0.5, 0.6) is 0 Å².